The summed E-state index contributed by atoms with van der Waals surface area (Å²) < 4.78 is 0. The molecule has 0 radical (unpaired) electrons. The van der Waals surface area contributed by atoms with E-state index >= 15 is 0 Å². The topological polar surface area (TPSA) is 64.2 Å². The molecule has 4 heterocycles. The monoisotopic (exact) mass is 418 g/mol. The van der Waals surface area contributed by atoms with E-state index in [-0.39, 0.29) is 23.3 Å². The zero-order valence-corrected chi connectivity index (χ0v) is 18.3. The first kappa shape index (κ1) is 20.2. The summed E-state index contributed by atoms with van der Waals surface area (Å²) in [6.07, 6.45) is 2.34. The summed E-state index contributed by atoms with van der Waals surface area (Å²) in [7, 11) is 3.52. The third kappa shape index (κ3) is 3.03. The van der Waals surface area contributed by atoms with Crippen molar-refractivity contribution in [2.45, 2.75) is 26.2 Å². The van der Waals surface area contributed by atoms with E-state index in [1.165, 1.54) is 11.3 Å². The highest BCUT2D eigenvalue weighted by atomic mass is 32.1. The summed E-state index contributed by atoms with van der Waals surface area (Å²) in [6, 6.07) is 1.84. The predicted molar refractivity (Wildman–Crippen MR) is 112 cm³/mol. The minimum absolute atomic E-state index is 0.0271. The number of carbonyl (C=O) groups is 3. The van der Waals surface area contributed by atoms with Gasteiger partial charge in [0.2, 0.25) is 5.91 Å². The summed E-state index contributed by atoms with van der Waals surface area (Å²) in [6.45, 7) is 5.87. The van der Waals surface area contributed by atoms with Gasteiger partial charge in [-0.3, -0.25) is 9.59 Å². The van der Waals surface area contributed by atoms with E-state index < -0.39 is 5.41 Å². The van der Waals surface area contributed by atoms with Crippen LogP contribution < -0.4 is 0 Å². The van der Waals surface area contributed by atoms with Gasteiger partial charge in [-0.25, -0.2) is 4.79 Å². The number of carbonyl (C=O) groups excluding carboxylic acids is 3. The standard InChI is InChI=1S/C21H30N4O3S/c1-4-23-11-8-21(18(23)27)15-25(19(28)22(2)3)14-20(21)6-9-24(10-7-20)17(26)16-5-12-29-13-16/h5,12-13H,4,6-11,14-15H2,1-3H3. The number of rotatable bonds is 2. The molecule has 3 aliphatic rings. The van der Waals surface area contributed by atoms with Crippen LogP contribution in [0, 0.1) is 10.8 Å². The molecule has 8 heteroatoms. The fraction of sp³-hybridized carbons (Fsp3) is 0.667. The Bertz CT molecular complexity index is 801. The van der Waals surface area contributed by atoms with Crippen molar-refractivity contribution in [3.05, 3.63) is 22.4 Å². The molecule has 3 saturated heterocycles. The fourth-order valence-electron chi connectivity index (χ4n) is 5.60. The van der Waals surface area contributed by atoms with Gasteiger partial charge in [0, 0.05) is 64.2 Å². The van der Waals surface area contributed by atoms with Crippen LogP contribution in [0.15, 0.2) is 16.8 Å². The van der Waals surface area contributed by atoms with E-state index in [4.69, 9.17) is 0 Å². The second-order valence-electron chi connectivity index (χ2n) is 8.83. The van der Waals surface area contributed by atoms with Crippen molar-refractivity contribution in [3.8, 4) is 0 Å². The smallest absolute Gasteiger partial charge is 0.319 e. The summed E-state index contributed by atoms with van der Waals surface area (Å²) >= 11 is 1.53. The highest BCUT2D eigenvalue weighted by Crippen LogP contribution is 2.58. The molecule has 4 amide bonds. The molecule has 1 aromatic rings. The van der Waals surface area contributed by atoms with Crippen molar-refractivity contribution in [1.29, 1.82) is 0 Å². The molecule has 1 unspecified atom stereocenters. The molecule has 4 rings (SSSR count). The third-order valence-electron chi connectivity index (χ3n) is 7.29. The lowest BCUT2D eigenvalue weighted by Gasteiger charge is -2.46. The zero-order chi connectivity index (χ0) is 20.8. The Hall–Kier alpha value is -2.09. The van der Waals surface area contributed by atoms with Crippen molar-refractivity contribution in [2.75, 3.05) is 53.4 Å². The van der Waals surface area contributed by atoms with Gasteiger partial charge in [-0.2, -0.15) is 11.3 Å². The molecular weight excluding hydrogens is 388 g/mol. The van der Waals surface area contributed by atoms with E-state index in [2.05, 4.69) is 0 Å². The van der Waals surface area contributed by atoms with E-state index in [1.54, 1.807) is 19.0 Å². The van der Waals surface area contributed by atoms with Gasteiger partial charge in [0.05, 0.1) is 11.0 Å². The van der Waals surface area contributed by atoms with Gasteiger partial charge >= 0.3 is 6.03 Å². The maximum atomic E-state index is 13.5. The Labute approximate surface area is 176 Å². The molecule has 7 nitrogen and oxygen atoms in total. The largest absolute Gasteiger partial charge is 0.342 e. The predicted octanol–water partition coefficient (Wildman–Crippen LogP) is 2.21. The molecule has 0 bridgehead atoms. The van der Waals surface area contributed by atoms with Crippen LogP contribution in [0.3, 0.4) is 0 Å². The molecule has 0 N–H and O–H groups in total. The summed E-state index contributed by atoms with van der Waals surface area (Å²) in [4.78, 5) is 46.3. The zero-order valence-electron chi connectivity index (χ0n) is 17.5. The van der Waals surface area contributed by atoms with Gasteiger partial charge in [-0.1, -0.05) is 0 Å². The molecule has 29 heavy (non-hydrogen) atoms. The first-order chi connectivity index (χ1) is 13.8. The van der Waals surface area contributed by atoms with Crippen LogP contribution in [0.2, 0.25) is 0 Å². The number of thiophene rings is 1. The maximum absolute atomic E-state index is 13.5. The Morgan fingerprint density at radius 3 is 2.38 bits per heavy atom. The summed E-state index contributed by atoms with van der Waals surface area (Å²) in [5.41, 5.74) is -0.0114. The van der Waals surface area contributed by atoms with Crippen LogP contribution in [0.1, 0.15) is 36.5 Å². The molecule has 0 aromatic carbocycles. The molecule has 3 aliphatic heterocycles. The molecule has 0 aliphatic carbocycles. The van der Waals surface area contributed by atoms with Crippen molar-refractivity contribution in [2.24, 2.45) is 10.8 Å². The molecule has 1 aromatic heterocycles. The van der Waals surface area contributed by atoms with Crippen molar-refractivity contribution in [1.82, 2.24) is 19.6 Å². The first-order valence-corrected chi connectivity index (χ1v) is 11.3. The van der Waals surface area contributed by atoms with Crippen LogP contribution in [-0.2, 0) is 4.79 Å². The Morgan fingerprint density at radius 2 is 1.83 bits per heavy atom. The number of amides is 4. The highest BCUT2D eigenvalue weighted by molar-refractivity contribution is 7.08. The van der Waals surface area contributed by atoms with Crippen molar-refractivity contribution in [3.63, 3.8) is 0 Å². The molecule has 158 valence electrons. The lowest BCUT2D eigenvalue weighted by molar-refractivity contribution is -0.141. The number of nitrogens with zero attached hydrogens (tertiary/aromatic N) is 4. The fourth-order valence-corrected chi connectivity index (χ4v) is 6.23. The Kier molecular flexibility index (Phi) is 5.09. The number of piperidine rings is 1. The van der Waals surface area contributed by atoms with E-state index in [0.29, 0.717) is 32.7 Å². The average Bonchev–Trinajstić information content (AvgIpc) is 3.42. The van der Waals surface area contributed by atoms with Crippen molar-refractivity contribution < 1.29 is 14.4 Å². The van der Waals surface area contributed by atoms with E-state index in [0.717, 1.165) is 31.4 Å². The Balaban J connectivity index is 1.59. The van der Waals surface area contributed by atoms with Gasteiger partial charge in [0.25, 0.3) is 5.91 Å². The number of hydrogen-bond acceptors (Lipinski definition) is 4. The van der Waals surface area contributed by atoms with E-state index in [1.807, 2.05) is 38.4 Å². The van der Waals surface area contributed by atoms with Crippen LogP contribution in [0.25, 0.3) is 0 Å². The van der Waals surface area contributed by atoms with Crippen LogP contribution in [-0.4, -0.2) is 90.8 Å². The second kappa shape index (κ2) is 7.31. The average molecular weight is 419 g/mol. The number of fused-ring (bicyclic) bond motifs is 1. The van der Waals surface area contributed by atoms with Crippen LogP contribution >= 0.6 is 11.3 Å². The minimum Gasteiger partial charge on any atom is -0.342 e. The quantitative estimate of drug-likeness (QED) is 0.740. The number of urea groups is 1. The number of likely N-dealkylation sites (tertiary alicyclic amines) is 3. The van der Waals surface area contributed by atoms with E-state index in [9.17, 15) is 14.4 Å². The molecule has 2 spiro atoms. The molecule has 0 saturated carbocycles. The number of hydrogen-bond donors (Lipinski definition) is 0. The highest BCUT2D eigenvalue weighted by Gasteiger charge is 2.66. The summed E-state index contributed by atoms with van der Waals surface area (Å²) in [5.74, 6) is 0.272. The van der Waals surface area contributed by atoms with Gasteiger partial charge in [0.15, 0.2) is 0 Å². The van der Waals surface area contributed by atoms with Gasteiger partial charge < -0.3 is 19.6 Å². The lowest BCUT2D eigenvalue weighted by Crippen LogP contribution is -2.53. The minimum atomic E-state index is -0.508. The molecule has 3 fully saturated rings. The van der Waals surface area contributed by atoms with Gasteiger partial charge in [0.1, 0.15) is 0 Å². The van der Waals surface area contributed by atoms with Crippen LogP contribution in [0.4, 0.5) is 4.79 Å². The maximum Gasteiger partial charge on any atom is 0.319 e. The SMILES string of the molecule is CCN1CCC2(CN(C(=O)N(C)C)CC23CCN(C(=O)c2ccsc2)CC3)C1=O. The molecular formula is C21H30N4O3S. The Morgan fingerprint density at radius 1 is 1.10 bits per heavy atom. The van der Waals surface area contributed by atoms with Crippen molar-refractivity contribution >= 4 is 29.2 Å². The summed E-state index contributed by atoms with van der Waals surface area (Å²) in [5, 5.41) is 3.81. The third-order valence-corrected chi connectivity index (χ3v) is 7.97. The van der Waals surface area contributed by atoms with Gasteiger partial charge in [-0.05, 0) is 37.6 Å². The lowest BCUT2D eigenvalue weighted by atomic mass is 9.60. The second-order valence-corrected chi connectivity index (χ2v) is 9.61. The molecule has 1 atom stereocenters. The van der Waals surface area contributed by atoms with Crippen LogP contribution in [0.5, 0.6) is 0 Å². The van der Waals surface area contributed by atoms with Gasteiger partial charge in [-0.15, -0.1) is 0 Å². The normalized spacial score (nSPS) is 26.0. The first-order valence-electron chi connectivity index (χ1n) is 10.4.